The Bertz CT molecular complexity index is 201. The summed E-state index contributed by atoms with van der Waals surface area (Å²) in [5.41, 5.74) is 5.91. The fourth-order valence-electron chi connectivity index (χ4n) is 2.13. The summed E-state index contributed by atoms with van der Waals surface area (Å²) >= 11 is 0. The van der Waals surface area contributed by atoms with Gasteiger partial charge in [-0.05, 0) is 25.2 Å². The largest absolute Gasteiger partial charge is 0.341 e. The Morgan fingerprint density at radius 2 is 1.69 bits per heavy atom. The lowest BCUT2D eigenvalue weighted by atomic mass is 10.0. The van der Waals surface area contributed by atoms with Crippen molar-refractivity contribution in [3.8, 4) is 0 Å². The highest BCUT2D eigenvalue weighted by atomic mass is 35.5. The van der Waals surface area contributed by atoms with Crippen LogP contribution < -0.4 is 5.73 Å². The third-order valence-electron chi connectivity index (χ3n) is 2.96. The molecular weight excluding hydrogens is 224 g/mol. The van der Waals surface area contributed by atoms with Crippen LogP contribution in [0.25, 0.3) is 0 Å². The lowest BCUT2D eigenvalue weighted by Gasteiger charge is -2.24. The average Bonchev–Trinajstić information content (AvgIpc) is 2.43. The number of carbonyl (C=O) groups excluding carboxylic acids is 1. The van der Waals surface area contributed by atoms with Crippen LogP contribution in [0.3, 0.4) is 0 Å². The highest BCUT2D eigenvalue weighted by molar-refractivity contribution is 5.85. The molecule has 0 aromatic rings. The SMILES string of the molecule is CC(C)C[C@H](N)C(=O)N1CCCCCC1.Cl. The summed E-state index contributed by atoms with van der Waals surface area (Å²) in [4.78, 5) is 13.9. The van der Waals surface area contributed by atoms with E-state index in [1.807, 2.05) is 4.90 Å². The van der Waals surface area contributed by atoms with Crippen molar-refractivity contribution in [3.63, 3.8) is 0 Å². The Morgan fingerprint density at radius 1 is 1.19 bits per heavy atom. The van der Waals surface area contributed by atoms with Crippen LogP contribution in [-0.2, 0) is 4.79 Å². The van der Waals surface area contributed by atoms with Crippen molar-refractivity contribution in [2.24, 2.45) is 11.7 Å². The van der Waals surface area contributed by atoms with Crippen molar-refractivity contribution >= 4 is 18.3 Å². The van der Waals surface area contributed by atoms with Gasteiger partial charge in [-0.3, -0.25) is 4.79 Å². The highest BCUT2D eigenvalue weighted by Gasteiger charge is 2.22. The van der Waals surface area contributed by atoms with Crippen molar-refractivity contribution in [1.29, 1.82) is 0 Å². The Kier molecular flexibility index (Phi) is 7.77. The Hall–Kier alpha value is -0.280. The van der Waals surface area contributed by atoms with Gasteiger partial charge in [-0.1, -0.05) is 26.7 Å². The highest BCUT2D eigenvalue weighted by Crippen LogP contribution is 2.12. The van der Waals surface area contributed by atoms with E-state index in [1.165, 1.54) is 12.8 Å². The fraction of sp³-hybridized carbons (Fsp3) is 0.917. The van der Waals surface area contributed by atoms with E-state index < -0.39 is 0 Å². The summed E-state index contributed by atoms with van der Waals surface area (Å²) < 4.78 is 0. The Labute approximate surface area is 105 Å². The maximum absolute atomic E-state index is 12.0. The van der Waals surface area contributed by atoms with Crippen LogP contribution in [0.15, 0.2) is 0 Å². The maximum atomic E-state index is 12.0. The first kappa shape index (κ1) is 15.7. The summed E-state index contributed by atoms with van der Waals surface area (Å²) in [5.74, 6) is 0.654. The third-order valence-corrected chi connectivity index (χ3v) is 2.96. The van der Waals surface area contributed by atoms with Gasteiger partial charge in [-0.25, -0.2) is 0 Å². The standard InChI is InChI=1S/C12H24N2O.ClH/c1-10(2)9-11(13)12(15)14-7-5-3-4-6-8-14;/h10-11H,3-9,13H2,1-2H3;1H/t11-;/m0./s1. The van der Waals surface area contributed by atoms with Gasteiger partial charge in [-0.2, -0.15) is 0 Å². The topological polar surface area (TPSA) is 46.3 Å². The number of nitrogens with two attached hydrogens (primary N) is 1. The molecule has 0 saturated carbocycles. The number of amides is 1. The van der Waals surface area contributed by atoms with Crippen LogP contribution in [0.4, 0.5) is 0 Å². The lowest BCUT2D eigenvalue weighted by molar-refractivity contribution is -0.132. The molecule has 1 aliphatic heterocycles. The minimum absolute atomic E-state index is 0. The molecule has 1 heterocycles. The van der Waals surface area contributed by atoms with E-state index in [-0.39, 0.29) is 24.4 Å². The molecule has 0 radical (unpaired) electrons. The molecule has 0 bridgehead atoms. The minimum atomic E-state index is -0.289. The van der Waals surface area contributed by atoms with E-state index in [1.54, 1.807) is 0 Å². The molecule has 1 saturated heterocycles. The molecule has 3 nitrogen and oxygen atoms in total. The predicted octanol–water partition coefficient (Wildman–Crippen LogP) is 2.18. The Morgan fingerprint density at radius 3 is 2.12 bits per heavy atom. The van der Waals surface area contributed by atoms with Crippen LogP contribution in [0.1, 0.15) is 46.0 Å². The first-order chi connectivity index (χ1) is 7.11. The van der Waals surface area contributed by atoms with E-state index in [4.69, 9.17) is 5.73 Å². The zero-order valence-electron chi connectivity index (χ0n) is 10.4. The number of hydrogen-bond donors (Lipinski definition) is 1. The summed E-state index contributed by atoms with van der Waals surface area (Å²) in [7, 11) is 0. The predicted molar refractivity (Wildman–Crippen MR) is 69.7 cm³/mol. The summed E-state index contributed by atoms with van der Waals surface area (Å²) in [6.45, 7) is 6.03. The molecular formula is C12H25ClN2O. The lowest BCUT2D eigenvalue weighted by Crippen LogP contribution is -2.44. The number of nitrogens with zero attached hydrogens (tertiary/aromatic N) is 1. The van der Waals surface area contributed by atoms with Crippen molar-refractivity contribution in [2.75, 3.05) is 13.1 Å². The van der Waals surface area contributed by atoms with Gasteiger partial charge in [0.05, 0.1) is 6.04 Å². The molecule has 1 aliphatic rings. The van der Waals surface area contributed by atoms with Crippen LogP contribution in [-0.4, -0.2) is 29.9 Å². The third kappa shape index (κ3) is 5.17. The first-order valence-electron chi connectivity index (χ1n) is 6.15. The van der Waals surface area contributed by atoms with Crippen molar-refractivity contribution in [2.45, 2.75) is 52.0 Å². The number of carbonyl (C=O) groups is 1. The van der Waals surface area contributed by atoms with Crippen molar-refractivity contribution in [1.82, 2.24) is 4.90 Å². The maximum Gasteiger partial charge on any atom is 0.239 e. The molecule has 16 heavy (non-hydrogen) atoms. The number of hydrogen-bond acceptors (Lipinski definition) is 2. The molecule has 1 atom stereocenters. The van der Waals surface area contributed by atoms with Crippen molar-refractivity contribution < 1.29 is 4.79 Å². The second-order valence-electron chi connectivity index (χ2n) is 4.98. The molecule has 96 valence electrons. The normalized spacial score (nSPS) is 18.9. The number of likely N-dealkylation sites (tertiary alicyclic amines) is 1. The number of halogens is 1. The van der Waals surface area contributed by atoms with Gasteiger partial charge in [-0.15, -0.1) is 12.4 Å². The van der Waals surface area contributed by atoms with E-state index in [0.717, 1.165) is 32.4 Å². The van der Waals surface area contributed by atoms with Crippen LogP contribution >= 0.6 is 12.4 Å². The number of rotatable bonds is 3. The Balaban J connectivity index is 0.00000225. The zero-order chi connectivity index (χ0) is 11.3. The van der Waals surface area contributed by atoms with Crippen LogP contribution in [0.2, 0.25) is 0 Å². The second kappa shape index (κ2) is 7.91. The summed E-state index contributed by atoms with van der Waals surface area (Å²) in [5, 5.41) is 0. The molecule has 0 aromatic carbocycles. The van der Waals surface area contributed by atoms with E-state index in [2.05, 4.69) is 13.8 Å². The van der Waals surface area contributed by atoms with Crippen LogP contribution in [0.5, 0.6) is 0 Å². The molecule has 0 unspecified atom stereocenters. The smallest absolute Gasteiger partial charge is 0.239 e. The zero-order valence-corrected chi connectivity index (χ0v) is 11.3. The van der Waals surface area contributed by atoms with Gasteiger partial charge in [0.1, 0.15) is 0 Å². The minimum Gasteiger partial charge on any atom is -0.341 e. The average molecular weight is 249 g/mol. The van der Waals surface area contributed by atoms with E-state index >= 15 is 0 Å². The van der Waals surface area contributed by atoms with E-state index in [0.29, 0.717) is 5.92 Å². The molecule has 2 N–H and O–H groups in total. The monoisotopic (exact) mass is 248 g/mol. The van der Waals surface area contributed by atoms with Crippen molar-refractivity contribution in [3.05, 3.63) is 0 Å². The second-order valence-corrected chi connectivity index (χ2v) is 4.98. The molecule has 1 rings (SSSR count). The molecule has 0 aromatic heterocycles. The van der Waals surface area contributed by atoms with Crippen LogP contribution in [0, 0.1) is 5.92 Å². The quantitative estimate of drug-likeness (QED) is 0.832. The fourth-order valence-corrected chi connectivity index (χ4v) is 2.13. The molecule has 0 spiro atoms. The molecule has 4 heteroatoms. The van der Waals surface area contributed by atoms with Gasteiger partial charge in [0, 0.05) is 13.1 Å². The summed E-state index contributed by atoms with van der Waals surface area (Å²) in [6.07, 6.45) is 5.59. The van der Waals surface area contributed by atoms with Gasteiger partial charge < -0.3 is 10.6 Å². The van der Waals surface area contributed by atoms with E-state index in [9.17, 15) is 4.79 Å². The molecule has 0 aliphatic carbocycles. The molecule has 1 amide bonds. The molecule has 1 fully saturated rings. The van der Waals surface area contributed by atoms with Gasteiger partial charge in [0.25, 0.3) is 0 Å². The van der Waals surface area contributed by atoms with Gasteiger partial charge in [0.2, 0.25) is 5.91 Å². The van der Waals surface area contributed by atoms with Gasteiger partial charge >= 0.3 is 0 Å². The summed E-state index contributed by atoms with van der Waals surface area (Å²) in [6, 6.07) is -0.289. The first-order valence-corrected chi connectivity index (χ1v) is 6.15. The van der Waals surface area contributed by atoms with Gasteiger partial charge in [0.15, 0.2) is 0 Å².